The van der Waals surface area contributed by atoms with Crippen molar-refractivity contribution in [3.63, 3.8) is 0 Å². The minimum Gasteiger partial charge on any atom is -0.376 e. The quantitative estimate of drug-likeness (QED) is 0.856. The largest absolute Gasteiger partial charge is 0.376 e. The third-order valence-electron chi connectivity index (χ3n) is 4.37. The van der Waals surface area contributed by atoms with Gasteiger partial charge in [-0.05, 0) is 49.1 Å². The Morgan fingerprint density at radius 3 is 2.33 bits per heavy atom. The Labute approximate surface area is 143 Å². The van der Waals surface area contributed by atoms with Gasteiger partial charge in [-0.25, -0.2) is 0 Å². The predicted octanol–water partition coefficient (Wildman–Crippen LogP) is 3.41. The molecular weight excluding hydrogens is 298 g/mol. The molecule has 1 saturated heterocycles. The smallest absolute Gasteiger partial charge is 0.239 e. The maximum absolute atomic E-state index is 11.9. The van der Waals surface area contributed by atoms with Crippen LogP contribution in [0.3, 0.4) is 0 Å². The maximum atomic E-state index is 11.9. The summed E-state index contributed by atoms with van der Waals surface area (Å²) in [6.07, 6.45) is 3.90. The molecule has 0 bridgehead atoms. The zero-order chi connectivity index (χ0) is 16.6. The van der Waals surface area contributed by atoms with E-state index in [4.69, 9.17) is 0 Å². The lowest BCUT2D eigenvalue weighted by Crippen LogP contribution is -2.30. The van der Waals surface area contributed by atoms with Crippen molar-refractivity contribution in [3.05, 3.63) is 60.2 Å². The lowest BCUT2D eigenvalue weighted by molar-refractivity contribution is -0.119. The third-order valence-corrected chi connectivity index (χ3v) is 4.37. The fourth-order valence-corrected chi connectivity index (χ4v) is 2.98. The first-order chi connectivity index (χ1) is 11.8. The average Bonchev–Trinajstić information content (AvgIpc) is 2.67. The van der Waals surface area contributed by atoms with Crippen molar-refractivity contribution in [3.8, 4) is 0 Å². The van der Waals surface area contributed by atoms with Crippen LogP contribution in [-0.4, -0.2) is 25.5 Å². The Bertz CT molecular complexity index is 634. The molecule has 2 aromatic carbocycles. The minimum absolute atomic E-state index is 0.000963. The molecule has 0 saturated carbocycles. The van der Waals surface area contributed by atoms with E-state index < -0.39 is 0 Å². The van der Waals surface area contributed by atoms with E-state index in [0.717, 1.165) is 24.3 Å². The Hall–Kier alpha value is -2.49. The van der Waals surface area contributed by atoms with Gasteiger partial charge in [-0.1, -0.05) is 30.3 Å². The summed E-state index contributed by atoms with van der Waals surface area (Å²) in [6, 6.07) is 18.3. The van der Waals surface area contributed by atoms with Crippen LogP contribution in [0.4, 0.5) is 11.4 Å². The highest BCUT2D eigenvalue weighted by Gasteiger charge is 2.10. The van der Waals surface area contributed by atoms with Gasteiger partial charge < -0.3 is 15.5 Å². The third kappa shape index (κ3) is 4.75. The number of piperidine rings is 1. The number of amides is 1. The van der Waals surface area contributed by atoms with Crippen LogP contribution in [0.2, 0.25) is 0 Å². The van der Waals surface area contributed by atoms with Crippen LogP contribution >= 0.6 is 0 Å². The number of hydrogen-bond acceptors (Lipinski definition) is 3. The van der Waals surface area contributed by atoms with Crippen LogP contribution in [0.5, 0.6) is 0 Å². The highest BCUT2D eigenvalue weighted by Crippen LogP contribution is 2.21. The highest BCUT2D eigenvalue weighted by molar-refractivity contribution is 5.80. The van der Waals surface area contributed by atoms with Crippen LogP contribution in [0.15, 0.2) is 54.6 Å². The van der Waals surface area contributed by atoms with Crippen molar-refractivity contribution in [2.45, 2.75) is 25.8 Å². The minimum atomic E-state index is -0.000963. The van der Waals surface area contributed by atoms with E-state index in [1.807, 2.05) is 30.3 Å². The zero-order valence-electron chi connectivity index (χ0n) is 14.0. The molecule has 1 aliphatic heterocycles. The first-order valence-electron chi connectivity index (χ1n) is 8.71. The van der Waals surface area contributed by atoms with Gasteiger partial charge in [-0.3, -0.25) is 4.79 Å². The summed E-state index contributed by atoms with van der Waals surface area (Å²) in [7, 11) is 0. The number of carbonyl (C=O) groups is 1. The van der Waals surface area contributed by atoms with Crippen molar-refractivity contribution in [1.29, 1.82) is 0 Å². The fourth-order valence-electron chi connectivity index (χ4n) is 2.98. The van der Waals surface area contributed by atoms with Gasteiger partial charge in [0.15, 0.2) is 0 Å². The molecule has 1 fully saturated rings. The summed E-state index contributed by atoms with van der Waals surface area (Å²) in [4.78, 5) is 14.4. The number of anilines is 2. The Balaban J connectivity index is 1.43. The molecule has 126 valence electrons. The molecule has 0 radical (unpaired) electrons. The Morgan fingerprint density at radius 1 is 0.917 bits per heavy atom. The molecule has 1 heterocycles. The molecular formula is C20H25N3O. The molecule has 2 N–H and O–H groups in total. The number of benzene rings is 2. The predicted molar refractivity (Wildman–Crippen MR) is 99.3 cm³/mol. The SMILES string of the molecule is O=C(CNc1ccc(N2CCCCC2)cc1)NCc1ccccc1. The van der Waals surface area contributed by atoms with Gasteiger partial charge in [-0.2, -0.15) is 0 Å². The van der Waals surface area contributed by atoms with Crippen molar-refractivity contribution in [2.24, 2.45) is 0 Å². The van der Waals surface area contributed by atoms with E-state index in [9.17, 15) is 4.79 Å². The fraction of sp³-hybridized carbons (Fsp3) is 0.350. The van der Waals surface area contributed by atoms with Crippen LogP contribution in [0.25, 0.3) is 0 Å². The Morgan fingerprint density at radius 2 is 1.62 bits per heavy atom. The van der Waals surface area contributed by atoms with Crippen LogP contribution in [0.1, 0.15) is 24.8 Å². The topological polar surface area (TPSA) is 44.4 Å². The summed E-state index contributed by atoms with van der Waals surface area (Å²) < 4.78 is 0. The van der Waals surface area contributed by atoms with Gasteiger partial charge in [-0.15, -0.1) is 0 Å². The summed E-state index contributed by atoms with van der Waals surface area (Å²) in [5, 5.41) is 6.10. The van der Waals surface area contributed by atoms with E-state index in [-0.39, 0.29) is 12.5 Å². The van der Waals surface area contributed by atoms with Gasteiger partial charge in [0.05, 0.1) is 6.54 Å². The van der Waals surface area contributed by atoms with Gasteiger partial charge in [0.1, 0.15) is 0 Å². The van der Waals surface area contributed by atoms with Gasteiger partial charge in [0, 0.05) is 31.0 Å². The number of hydrogen-bond donors (Lipinski definition) is 2. The van der Waals surface area contributed by atoms with Crippen LogP contribution < -0.4 is 15.5 Å². The first-order valence-corrected chi connectivity index (χ1v) is 8.71. The van der Waals surface area contributed by atoms with Crippen molar-refractivity contribution >= 4 is 17.3 Å². The van der Waals surface area contributed by atoms with E-state index in [1.165, 1.54) is 24.9 Å². The summed E-state index contributed by atoms with van der Waals surface area (Å²) in [6.45, 7) is 3.15. The molecule has 1 amide bonds. The molecule has 0 spiro atoms. The molecule has 0 aromatic heterocycles. The highest BCUT2D eigenvalue weighted by atomic mass is 16.1. The van der Waals surface area contributed by atoms with Gasteiger partial charge in [0.2, 0.25) is 5.91 Å². The Kier molecular flexibility index (Phi) is 5.72. The number of nitrogens with zero attached hydrogens (tertiary/aromatic N) is 1. The molecule has 24 heavy (non-hydrogen) atoms. The lowest BCUT2D eigenvalue weighted by Gasteiger charge is -2.28. The number of carbonyl (C=O) groups excluding carboxylic acids is 1. The molecule has 0 unspecified atom stereocenters. The summed E-state index contributed by atoms with van der Waals surface area (Å²) in [5.41, 5.74) is 3.36. The molecule has 0 atom stereocenters. The number of nitrogens with one attached hydrogen (secondary N) is 2. The summed E-state index contributed by atoms with van der Waals surface area (Å²) >= 11 is 0. The average molecular weight is 323 g/mol. The van der Waals surface area contributed by atoms with E-state index in [0.29, 0.717) is 6.54 Å². The number of rotatable bonds is 6. The monoisotopic (exact) mass is 323 g/mol. The van der Waals surface area contributed by atoms with Crippen LogP contribution in [0, 0.1) is 0 Å². The van der Waals surface area contributed by atoms with E-state index in [2.05, 4.69) is 39.8 Å². The first kappa shape index (κ1) is 16.4. The second kappa shape index (κ2) is 8.39. The van der Waals surface area contributed by atoms with Crippen molar-refractivity contribution in [1.82, 2.24) is 5.32 Å². The van der Waals surface area contributed by atoms with Crippen molar-refractivity contribution < 1.29 is 4.79 Å². The van der Waals surface area contributed by atoms with Gasteiger partial charge >= 0.3 is 0 Å². The van der Waals surface area contributed by atoms with Crippen molar-refractivity contribution in [2.75, 3.05) is 29.9 Å². The van der Waals surface area contributed by atoms with E-state index in [1.54, 1.807) is 0 Å². The standard InChI is InChI=1S/C20H25N3O/c24-20(22-15-17-7-3-1-4-8-17)16-21-18-9-11-19(12-10-18)23-13-5-2-6-14-23/h1,3-4,7-12,21H,2,5-6,13-16H2,(H,22,24). The normalized spacial score (nSPS) is 14.2. The lowest BCUT2D eigenvalue weighted by atomic mass is 10.1. The van der Waals surface area contributed by atoms with E-state index >= 15 is 0 Å². The molecule has 0 aliphatic carbocycles. The molecule has 4 nitrogen and oxygen atoms in total. The summed E-state index contributed by atoms with van der Waals surface area (Å²) in [5.74, 6) is -0.000963. The second-order valence-corrected chi connectivity index (χ2v) is 6.21. The molecule has 4 heteroatoms. The zero-order valence-corrected chi connectivity index (χ0v) is 14.0. The van der Waals surface area contributed by atoms with Gasteiger partial charge in [0.25, 0.3) is 0 Å². The second-order valence-electron chi connectivity index (χ2n) is 6.21. The molecule has 3 rings (SSSR count). The molecule has 1 aliphatic rings. The maximum Gasteiger partial charge on any atom is 0.239 e. The van der Waals surface area contributed by atoms with Crippen LogP contribution in [-0.2, 0) is 11.3 Å². The molecule has 2 aromatic rings.